The summed E-state index contributed by atoms with van der Waals surface area (Å²) in [6.07, 6.45) is 0. The number of sulfonamides is 1. The van der Waals surface area contributed by atoms with E-state index in [1.165, 1.54) is 12.1 Å². The Labute approximate surface area is 127 Å². The molecule has 0 heterocycles. The van der Waals surface area contributed by atoms with Gasteiger partial charge in [0, 0.05) is 24.9 Å². The quantitative estimate of drug-likeness (QED) is 0.651. The molecular weight excluding hydrogens is 308 g/mol. The fourth-order valence-corrected chi connectivity index (χ4v) is 2.90. The molecule has 1 N–H and O–H groups in total. The summed E-state index contributed by atoms with van der Waals surface area (Å²) in [6.45, 7) is 0.368. The molecule has 0 unspecified atom stereocenters. The molecule has 2 rings (SSSR count). The van der Waals surface area contributed by atoms with Crippen molar-refractivity contribution >= 4 is 21.4 Å². The van der Waals surface area contributed by atoms with Gasteiger partial charge >= 0.3 is 0 Å². The molecule has 116 valence electrons. The van der Waals surface area contributed by atoms with Crippen molar-refractivity contribution in [3.8, 4) is 0 Å². The van der Waals surface area contributed by atoms with Crippen LogP contribution in [0.5, 0.6) is 0 Å². The molecular formula is C14H14N2O5S. The largest absolute Gasteiger partial charge is 0.380 e. The van der Waals surface area contributed by atoms with E-state index in [1.54, 1.807) is 25.3 Å². The number of nitro benzene ring substituents is 1. The normalized spacial score (nSPS) is 11.1. The van der Waals surface area contributed by atoms with Crippen molar-refractivity contribution in [2.24, 2.45) is 0 Å². The van der Waals surface area contributed by atoms with Crippen molar-refractivity contribution in [1.82, 2.24) is 0 Å². The van der Waals surface area contributed by atoms with Gasteiger partial charge in [0.2, 0.25) is 0 Å². The second kappa shape index (κ2) is 6.54. The number of hydrogen-bond donors (Lipinski definition) is 1. The van der Waals surface area contributed by atoms with Crippen LogP contribution in [0, 0.1) is 10.1 Å². The number of methoxy groups -OCH3 is 1. The zero-order valence-corrected chi connectivity index (χ0v) is 12.5. The van der Waals surface area contributed by atoms with E-state index >= 15 is 0 Å². The summed E-state index contributed by atoms with van der Waals surface area (Å²) in [5, 5.41) is 10.6. The number of nitro groups is 1. The number of non-ortho nitro benzene ring substituents is 1. The van der Waals surface area contributed by atoms with Crippen LogP contribution in [0.25, 0.3) is 0 Å². The standard InChI is InChI=1S/C14H14N2O5S/c1-21-10-11-3-2-4-12(9-11)15-22(19,20)14-7-5-13(6-8-14)16(17)18/h2-9,15H,10H2,1H3. The Morgan fingerprint density at radius 2 is 1.86 bits per heavy atom. The van der Waals surface area contributed by atoms with Gasteiger partial charge in [0.25, 0.3) is 15.7 Å². The Bertz CT molecular complexity index is 772. The third-order valence-electron chi connectivity index (χ3n) is 2.85. The molecule has 0 fully saturated rings. The Morgan fingerprint density at radius 3 is 2.45 bits per heavy atom. The lowest BCUT2D eigenvalue weighted by Gasteiger charge is -2.09. The molecule has 0 saturated heterocycles. The van der Waals surface area contributed by atoms with E-state index in [2.05, 4.69) is 4.72 Å². The fraction of sp³-hybridized carbons (Fsp3) is 0.143. The van der Waals surface area contributed by atoms with E-state index in [4.69, 9.17) is 4.74 Å². The van der Waals surface area contributed by atoms with Crippen molar-refractivity contribution in [3.63, 3.8) is 0 Å². The van der Waals surface area contributed by atoms with Gasteiger partial charge in [-0.15, -0.1) is 0 Å². The first-order chi connectivity index (χ1) is 10.4. The van der Waals surface area contributed by atoms with Crippen molar-refractivity contribution in [1.29, 1.82) is 0 Å². The number of hydrogen-bond acceptors (Lipinski definition) is 5. The minimum Gasteiger partial charge on any atom is -0.380 e. The summed E-state index contributed by atoms with van der Waals surface area (Å²) >= 11 is 0. The zero-order chi connectivity index (χ0) is 16.2. The summed E-state index contributed by atoms with van der Waals surface area (Å²) in [6, 6.07) is 11.5. The molecule has 0 radical (unpaired) electrons. The van der Waals surface area contributed by atoms with E-state index in [0.29, 0.717) is 12.3 Å². The van der Waals surface area contributed by atoms with Crippen LogP contribution in [0.2, 0.25) is 0 Å². The average molecular weight is 322 g/mol. The average Bonchev–Trinajstić information content (AvgIpc) is 2.47. The van der Waals surface area contributed by atoms with E-state index in [1.807, 2.05) is 6.07 Å². The molecule has 2 aromatic carbocycles. The summed E-state index contributed by atoms with van der Waals surface area (Å²) in [5.74, 6) is 0. The topological polar surface area (TPSA) is 98.5 Å². The summed E-state index contributed by atoms with van der Waals surface area (Å²) < 4.78 is 31.9. The molecule has 8 heteroatoms. The maximum atomic E-state index is 12.2. The lowest BCUT2D eigenvalue weighted by molar-refractivity contribution is -0.384. The molecule has 0 saturated carbocycles. The highest BCUT2D eigenvalue weighted by Crippen LogP contribution is 2.20. The van der Waals surface area contributed by atoms with Gasteiger partial charge in [-0.1, -0.05) is 12.1 Å². The highest BCUT2D eigenvalue weighted by molar-refractivity contribution is 7.92. The maximum Gasteiger partial charge on any atom is 0.269 e. The van der Waals surface area contributed by atoms with Gasteiger partial charge in [-0.3, -0.25) is 14.8 Å². The Kier molecular flexibility index (Phi) is 4.74. The second-order valence-corrected chi connectivity index (χ2v) is 6.17. The van der Waals surface area contributed by atoms with Gasteiger partial charge in [0.15, 0.2) is 0 Å². The van der Waals surface area contributed by atoms with Crippen LogP contribution >= 0.6 is 0 Å². The molecule has 0 aromatic heterocycles. The number of anilines is 1. The third-order valence-corrected chi connectivity index (χ3v) is 4.25. The van der Waals surface area contributed by atoms with Gasteiger partial charge in [0.05, 0.1) is 16.4 Å². The smallest absolute Gasteiger partial charge is 0.269 e. The molecule has 22 heavy (non-hydrogen) atoms. The minimum absolute atomic E-state index is 0.0461. The minimum atomic E-state index is -3.80. The van der Waals surface area contributed by atoms with Crippen LogP contribution in [0.3, 0.4) is 0 Å². The number of ether oxygens (including phenoxy) is 1. The van der Waals surface area contributed by atoms with Gasteiger partial charge < -0.3 is 4.74 Å². The fourth-order valence-electron chi connectivity index (χ4n) is 1.85. The first-order valence-electron chi connectivity index (χ1n) is 6.27. The van der Waals surface area contributed by atoms with Crippen molar-refractivity contribution in [3.05, 3.63) is 64.2 Å². The SMILES string of the molecule is COCc1cccc(NS(=O)(=O)c2ccc([N+](=O)[O-])cc2)c1. The number of benzene rings is 2. The van der Waals surface area contributed by atoms with Crippen LogP contribution < -0.4 is 4.72 Å². The summed E-state index contributed by atoms with van der Waals surface area (Å²) in [4.78, 5) is 9.95. The predicted molar refractivity (Wildman–Crippen MR) is 81.1 cm³/mol. The molecule has 0 atom stereocenters. The number of nitrogens with zero attached hydrogens (tertiary/aromatic N) is 1. The molecule has 0 bridgehead atoms. The van der Waals surface area contributed by atoms with Gasteiger partial charge in [-0.2, -0.15) is 0 Å². The van der Waals surface area contributed by atoms with Gasteiger partial charge in [-0.25, -0.2) is 8.42 Å². The number of rotatable bonds is 6. The Balaban J connectivity index is 2.23. The third kappa shape index (κ3) is 3.80. The van der Waals surface area contributed by atoms with Crippen molar-refractivity contribution in [2.45, 2.75) is 11.5 Å². The van der Waals surface area contributed by atoms with E-state index in [0.717, 1.165) is 17.7 Å². The Hall–Kier alpha value is -2.45. The van der Waals surface area contributed by atoms with Crippen molar-refractivity contribution < 1.29 is 18.1 Å². The van der Waals surface area contributed by atoms with Crippen molar-refractivity contribution in [2.75, 3.05) is 11.8 Å². The highest BCUT2D eigenvalue weighted by Gasteiger charge is 2.16. The van der Waals surface area contributed by atoms with Crippen LogP contribution in [-0.2, 0) is 21.4 Å². The summed E-state index contributed by atoms with van der Waals surface area (Å²) in [7, 11) is -2.25. The summed E-state index contributed by atoms with van der Waals surface area (Å²) in [5.41, 5.74) is 1.06. The first kappa shape index (κ1) is 15.9. The monoisotopic (exact) mass is 322 g/mol. The molecule has 0 aliphatic carbocycles. The highest BCUT2D eigenvalue weighted by atomic mass is 32.2. The molecule has 2 aromatic rings. The van der Waals surface area contributed by atoms with Gasteiger partial charge in [-0.05, 0) is 29.8 Å². The molecule has 0 spiro atoms. The number of nitrogens with one attached hydrogen (secondary N) is 1. The molecule has 0 aliphatic heterocycles. The predicted octanol–water partition coefficient (Wildman–Crippen LogP) is 2.54. The zero-order valence-electron chi connectivity index (χ0n) is 11.7. The maximum absolute atomic E-state index is 12.2. The van der Waals surface area contributed by atoms with Crippen LogP contribution in [0.1, 0.15) is 5.56 Å². The van der Waals surface area contributed by atoms with Crippen LogP contribution in [0.15, 0.2) is 53.4 Å². The molecule has 0 aliphatic rings. The molecule has 7 nitrogen and oxygen atoms in total. The Morgan fingerprint density at radius 1 is 1.18 bits per heavy atom. The van der Waals surface area contributed by atoms with E-state index in [9.17, 15) is 18.5 Å². The lowest BCUT2D eigenvalue weighted by atomic mass is 10.2. The second-order valence-electron chi connectivity index (χ2n) is 4.49. The first-order valence-corrected chi connectivity index (χ1v) is 7.76. The van der Waals surface area contributed by atoms with Crippen LogP contribution in [-0.4, -0.2) is 20.5 Å². The lowest BCUT2D eigenvalue weighted by Crippen LogP contribution is -2.13. The van der Waals surface area contributed by atoms with E-state index < -0.39 is 14.9 Å². The molecule has 0 amide bonds. The van der Waals surface area contributed by atoms with Crippen LogP contribution in [0.4, 0.5) is 11.4 Å². The van der Waals surface area contributed by atoms with E-state index in [-0.39, 0.29) is 10.6 Å². The van der Waals surface area contributed by atoms with Gasteiger partial charge in [0.1, 0.15) is 0 Å².